The van der Waals surface area contributed by atoms with Gasteiger partial charge in [-0.15, -0.1) is 0 Å². The normalized spacial score (nSPS) is 15.2. The number of esters is 1. The van der Waals surface area contributed by atoms with Crippen LogP contribution in [-0.2, 0) is 17.6 Å². The fraction of sp³-hybridized carbons (Fsp3) is 0.400. The van der Waals surface area contributed by atoms with Crippen molar-refractivity contribution in [3.05, 3.63) is 35.0 Å². The molecule has 0 radical (unpaired) electrons. The number of fused-ring (bicyclic) bond motifs is 3. The number of carbonyl (C=O) groups is 1. The van der Waals surface area contributed by atoms with Gasteiger partial charge in [0.05, 0.1) is 12.7 Å². The quantitative estimate of drug-likeness (QED) is 0.617. The van der Waals surface area contributed by atoms with Gasteiger partial charge in [-0.1, -0.05) is 12.5 Å². The van der Waals surface area contributed by atoms with Crippen molar-refractivity contribution in [2.45, 2.75) is 32.1 Å². The lowest BCUT2D eigenvalue weighted by Crippen LogP contribution is -2.00. The smallest absolute Gasteiger partial charge is 0.337 e. The zero-order chi connectivity index (χ0) is 12.5. The van der Waals surface area contributed by atoms with E-state index in [1.54, 1.807) is 0 Å². The average Bonchev–Trinajstić information content (AvgIpc) is 2.58. The molecule has 3 nitrogen and oxygen atoms in total. The summed E-state index contributed by atoms with van der Waals surface area (Å²) >= 11 is 0. The van der Waals surface area contributed by atoms with Crippen LogP contribution < -0.4 is 0 Å². The lowest BCUT2D eigenvalue weighted by atomic mass is 10.0. The van der Waals surface area contributed by atoms with Gasteiger partial charge in [0, 0.05) is 16.6 Å². The highest BCUT2D eigenvalue weighted by Gasteiger charge is 2.15. The molecule has 0 bridgehead atoms. The Balaban J connectivity index is 2.11. The monoisotopic (exact) mass is 243 g/mol. The minimum Gasteiger partial charge on any atom is -0.465 e. The first-order chi connectivity index (χ1) is 8.79. The fourth-order valence-electron chi connectivity index (χ4n) is 2.84. The number of benzene rings is 1. The Bertz CT molecular complexity index is 598. The van der Waals surface area contributed by atoms with Gasteiger partial charge in [-0.3, -0.25) is 0 Å². The van der Waals surface area contributed by atoms with E-state index in [2.05, 4.69) is 4.98 Å². The molecular weight excluding hydrogens is 226 g/mol. The number of aromatic nitrogens is 1. The number of methoxy groups -OCH3 is 1. The van der Waals surface area contributed by atoms with Gasteiger partial charge in [0.2, 0.25) is 0 Å². The Kier molecular flexibility index (Phi) is 2.82. The lowest BCUT2D eigenvalue weighted by molar-refractivity contribution is 0.0601. The summed E-state index contributed by atoms with van der Waals surface area (Å²) < 4.78 is 4.75. The van der Waals surface area contributed by atoms with Crippen molar-refractivity contribution in [1.82, 2.24) is 4.98 Å². The van der Waals surface area contributed by atoms with Crippen LogP contribution in [0, 0.1) is 0 Å². The first-order valence-electron chi connectivity index (χ1n) is 6.51. The molecule has 1 aromatic heterocycles. The Labute approximate surface area is 106 Å². The minimum absolute atomic E-state index is 0.276. The van der Waals surface area contributed by atoms with E-state index in [-0.39, 0.29) is 5.97 Å². The second kappa shape index (κ2) is 4.48. The third-order valence-electron chi connectivity index (χ3n) is 3.77. The molecule has 0 spiro atoms. The molecular formula is C15H17NO2. The predicted octanol–water partition coefficient (Wildman–Crippen LogP) is 3.22. The minimum atomic E-state index is -0.276. The predicted molar refractivity (Wildman–Crippen MR) is 70.9 cm³/mol. The number of carbonyl (C=O) groups excluding carboxylic acids is 1. The van der Waals surface area contributed by atoms with Crippen LogP contribution in [0.15, 0.2) is 18.2 Å². The van der Waals surface area contributed by atoms with Crippen LogP contribution in [-0.4, -0.2) is 18.1 Å². The van der Waals surface area contributed by atoms with Crippen molar-refractivity contribution in [3.8, 4) is 0 Å². The van der Waals surface area contributed by atoms with E-state index in [4.69, 9.17) is 4.74 Å². The number of nitrogens with one attached hydrogen (secondary N) is 1. The Morgan fingerprint density at radius 3 is 2.89 bits per heavy atom. The average molecular weight is 243 g/mol. The van der Waals surface area contributed by atoms with E-state index in [0.29, 0.717) is 5.56 Å². The molecule has 0 aliphatic heterocycles. The van der Waals surface area contributed by atoms with Crippen molar-refractivity contribution in [2.24, 2.45) is 0 Å². The highest BCUT2D eigenvalue weighted by Crippen LogP contribution is 2.29. The molecule has 0 fully saturated rings. The molecule has 94 valence electrons. The lowest BCUT2D eigenvalue weighted by Gasteiger charge is -2.00. The van der Waals surface area contributed by atoms with Crippen LogP contribution in [0.2, 0.25) is 0 Å². The number of rotatable bonds is 1. The zero-order valence-corrected chi connectivity index (χ0v) is 10.6. The maximum absolute atomic E-state index is 11.5. The molecule has 0 atom stereocenters. The Hall–Kier alpha value is -1.77. The number of aromatic amines is 1. The van der Waals surface area contributed by atoms with Gasteiger partial charge in [-0.05, 0) is 43.4 Å². The third kappa shape index (κ3) is 1.80. The Morgan fingerprint density at radius 1 is 1.22 bits per heavy atom. The summed E-state index contributed by atoms with van der Waals surface area (Å²) in [5, 5.41) is 1.26. The van der Waals surface area contributed by atoms with Gasteiger partial charge < -0.3 is 9.72 Å². The summed E-state index contributed by atoms with van der Waals surface area (Å²) in [6, 6.07) is 5.80. The highest BCUT2D eigenvalue weighted by molar-refractivity contribution is 5.95. The number of aryl methyl sites for hydroxylation is 2. The molecule has 1 aromatic carbocycles. The number of ether oxygens (including phenoxy) is 1. The van der Waals surface area contributed by atoms with Gasteiger partial charge in [-0.2, -0.15) is 0 Å². The summed E-state index contributed by atoms with van der Waals surface area (Å²) in [5.74, 6) is -0.276. The van der Waals surface area contributed by atoms with E-state index in [1.165, 1.54) is 43.0 Å². The topological polar surface area (TPSA) is 42.1 Å². The molecule has 2 aromatic rings. The van der Waals surface area contributed by atoms with Crippen LogP contribution in [0.4, 0.5) is 0 Å². The molecule has 3 heteroatoms. The fourth-order valence-corrected chi connectivity index (χ4v) is 2.84. The van der Waals surface area contributed by atoms with E-state index in [1.807, 2.05) is 18.2 Å². The molecule has 3 rings (SSSR count). The highest BCUT2D eigenvalue weighted by atomic mass is 16.5. The molecule has 0 unspecified atom stereocenters. The van der Waals surface area contributed by atoms with Gasteiger partial charge in [0.25, 0.3) is 0 Å². The summed E-state index contributed by atoms with van der Waals surface area (Å²) in [6.07, 6.45) is 6.09. The maximum Gasteiger partial charge on any atom is 0.337 e. The molecule has 0 saturated heterocycles. The standard InChI is InChI=1S/C15H17NO2/c1-18-15(17)10-7-8-12-11-5-3-2-4-6-13(11)16-14(12)9-10/h7-9,16H,2-6H2,1H3. The van der Waals surface area contributed by atoms with Gasteiger partial charge >= 0.3 is 5.97 Å². The maximum atomic E-state index is 11.5. The van der Waals surface area contributed by atoms with Crippen LogP contribution in [0.5, 0.6) is 0 Å². The summed E-state index contributed by atoms with van der Waals surface area (Å²) in [7, 11) is 1.41. The molecule has 1 heterocycles. The van der Waals surface area contributed by atoms with Crippen molar-refractivity contribution in [1.29, 1.82) is 0 Å². The van der Waals surface area contributed by atoms with E-state index < -0.39 is 0 Å². The first-order valence-corrected chi connectivity index (χ1v) is 6.51. The van der Waals surface area contributed by atoms with Crippen molar-refractivity contribution in [3.63, 3.8) is 0 Å². The van der Waals surface area contributed by atoms with E-state index in [9.17, 15) is 4.79 Å². The molecule has 1 aliphatic carbocycles. The Morgan fingerprint density at radius 2 is 2.06 bits per heavy atom. The molecule has 0 amide bonds. The van der Waals surface area contributed by atoms with Crippen molar-refractivity contribution < 1.29 is 9.53 Å². The summed E-state index contributed by atoms with van der Waals surface area (Å²) in [6.45, 7) is 0. The number of hydrogen-bond acceptors (Lipinski definition) is 2. The van der Waals surface area contributed by atoms with Crippen LogP contribution >= 0.6 is 0 Å². The summed E-state index contributed by atoms with van der Waals surface area (Å²) in [4.78, 5) is 15.0. The first kappa shape index (κ1) is 11.3. The molecule has 1 N–H and O–H groups in total. The van der Waals surface area contributed by atoms with E-state index >= 15 is 0 Å². The molecule has 0 saturated carbocycles. The van der Waals surface area contributed by atoms with Crippen molar-refractivity contribution >= 4 is 16.9 Å². The zero-order valence-electron chi connectivity index (χ0n) is 10.6. The number of H-pyrrole nitrogens is 1. The second-order valence-electron chi connectivity index (χ2n) is 4.89. The molecule has 18 heavy (non-hydrogen) atoms. The molecule has 1 aliphatic rings. The van der Waals surface area contributed by atoms with Gasteiger partial charge in [0.15, 0.2) is 0 Å². The number of hydrogen-bond donors (Lipinski definition) is 1. The van der Waals surface area contributed by atoms with Gasteiger partial charge in [0.1, 0.15) is 0 Å². The van der Waals surface area contributed by atoms with E-state index in [0.717, 1.165) is 18.4 Å². The van der Waals surface area contributed by atoms with Crippen LogP contribution in [0.3, 0.4) is 0 Å². The van der Waals surface area contributed by atoms with Crippen LogP contribution in [0.1, 0.15) is 40.9 Å². The SMILES string of the molecule is COC(=O)c1ccc2c3c([nH]c2c1)CCCCC3. The summed E-state index contributed by atoms with van der Waals surface area (Å²) in [5.41, 5.74) is 4.47. The largest absolute Gasteiger partial charge is 0.465 e. The third-order valence-corrected chi connectivity index (χ3v) is 3.77. The second-order valence-corrected chi connectivity index (χ2v) is 4.89. The van der Waals surface area contributed by atoms with Gasteiger partial charge in [-0.25, -0.2) is 4.79 Å². The van der Waals surface area contributed by atoms with Crippen LogP contribution in [0.25, 0.3) is 10.9 Å². The van der Waals surface area contributed by atoms with Crippen molar-refractivity contribution in [2.75, 3.05) is 7.11 Å².